The molecule has 2 heterocycles. The smallest absolute Gasteiger partial charge is 0.156 e. The topological polar surface area (TPSA) is 53.9 Å². The van der Waals surface area contributed by atoms with Crippen LogP contribution < -0.4 is 0 Å². The van der Waals surface area contributed by atoms with Gasteiger partial charge in [0.25, 0.3) is 0 Å². The number of allylic oxidation sites excluding steroid dienone is 2. The number of aromatic amines is 1. The molecule has 0 aliphatic carbocycles. The van der Waals surface area contributed by atoms with Gasteiger partial charge in [0.05, 0.1) is 17.3 Å². The molecule has 0 radical (unpaired) electrons. The number of nitrogens with zero attached hydrogens (tertiary/aromatic N) is 3. The van der Waals surface area contributed by atoms with Crippen LogP contribution in [0.3, 0.4) is 0 Å². The molecule has 0 aliphatic rings. The monoisotopic (exact) mass is 258 g/mol. The van der Waals surface area contributed by atoms with Gasteiger partial charge in [-0.2, -0.15) is 5.10 Å². The van der Waals surface area contributed by atoms with E-state index in [4.69, 9.17) is 0 Å². The molecule has 1 N–H and O–H groups in total. The predicted molar refractivity (Wildman–Crippen MR) is 74.6 cm³/mol. The predicted octanol–water partition coefficient (Wildman–Crippen LogP) is 3.39. The van der Waals surface area contributed by atoms with E-state index < -0.39 is 5.82 Å². The van der Waals surface area contributed by atoms with Gasteiger partial charge >= 0.3 is 0 Å². The molecule has 0 spiro atoms. The van der Waals surface area contributed by atoms with Crippen LogP contribution in [0.1, 0.15) is 26.5 Å². The normalized spacial score (nSPS) is 13.1. The zero-order chi connectivity index (χ0) is 14.0. The lowest BCUT2D eigenvalue weighted by atomic mass is 10.2. The van der Waals surface area contributed by atoms with Crippen LogP contribution in [-0.4, -0.2) is 20.9 Å². The van der Waals surface area contributed by atoms with Gasteiger partial charge in [0.2, 0.25) is 0 Å². The standard InChI is InChI=1S/C14H15FN4/c1-8(2)9(3)6-16-10(4)13-12-5-11(15)7-17-14(12)19-18-13/h5-7H,1H2,2-4H3,(H,17,18,19)/b9-6-,16-10+. The van der Waals surface area contributed by atoms with Crippen LogP contribution in [0.25, 0.3) is 11.0 Å². The zero-order valence-electron chi connectivity index (χ0n) is 11.2. The Balaban J connectivity index is 2.44. The van der Waals surface area contributed by atoms with E-state index in [1.54, 1.807) is 6.20 Å². The van der Waals surface area contributed by atoms with Crippen molar-refractivity contribution in [3.8, 4) is 0 Å². The van der Waals surface area contributed by atoms with Crippen molar-refractivity contribution in [3.63, 3.8) is 0 Å². The quantitative estimate of drug-likeness (QED) is 0.677. The summed E-state index contributed by atoms with van der Waals surface area (Å²) in [7, 11) is 0. The molecule has 98 valence electrons. The summed E-state index contributed by atoms with van der Waals surface area (Å²) in [5, 5.41) is 7.51. The van der Waals surface area contributed by atoms with Crippen LogP contribution in [0.5, 0.6) is 0 Å². The average Bonchev–Trinajstić information content (AvgIpc) is 2.78. The first kappa shape index (κ1) is 13.1. The van der Waals surface area contributed by atoms with Crippen LogP contribution in [0.2, 0.25) is 0 Å². The highest BCUT2D eigenvalue weighted by Gasteiger charge is 2.10. The summed E-state index contributed by atoms with van der Waals surface area (Å²) in [5.74, 6) is -0.392. The van der Waals surface area contributed by atoms with Gasteiger partial charge in [0.1, 0.15) is 11.5 Å². The van der Waals surface area contributed by atoms with Gasteiger partial charge in [-0.05, 0) is 32.4 Å². The minimum Gasteiger partial charge on any atom is -0.260 e. The van der Waals surface area contributed by atoms with Gasteiger partial charge in [-0.25, -0.2) is 9.37 Å². The Morgan fingerprint density at radius 2 is 2.16 bits per heavy atom. The average molecular weight is 258 g/mol. The molecule has 0 aromatic carbocycles. The lowest BCUT2D eigenvalue weighted by Crippen LogP contribution is -1.95. The first-order valence-corrected chi connectivity index (χ1v) is 5.86. The third-order valence-electron chi connectivity index (χ3n) is 2.85. The van der Waals surface area contributed by atoms with E-state index in [0.717, 1.165) is 17.3 Å². The fraction of sp³-hybridized carbons (Fsp3) is 0.214. The first-order valence-electron chi connectivity index (χ1n) is 5.86. The summed E-state index contributed by atoms with van der Waals surface area (Å²) in [6, 6.07) is 1.40. The number of fused-ring (bicyclic) bond motifs is 1. The van der Waals surface area contributed by atoms with Gasteiger partial charge < -0.3 is 0 Å². The van der Waals surface area contributed by atoms with E-state index in [-0.39, 0.29) is 0 Å². The third-order valence-corrected chi connectivity index (χ3v) is 2.85. The second kappa shape index (κ2) is 5.14. The molecule has 2 aromatic heterocycles. The molecule has 0 saturated carbocycles. The molecule has 0 fully saturated rings. The fourth-order valence-electron chi connectivity index (χ4n) is 1.52. The maximum atomic E-state index is 13.2. The largest absolute Gasteiger partial charge is 0.260 e. The molecule has 2 rings (SSSR count). The zero-order valence-corrected chi connectivity index (χ0v) is 11.2. The molecule has 0 amide bonds. The van der Waals surface area contributed by atoms with E-state index in [2.05, 4.69) is 26.8 Å². The SMILES string of the molecule is C=C(C)/C(C)=C\N=C(/C)c1n[nH]c2ncc(F)cc12. The maximum Gasteiger partial charge on any atom is 0.156 e. The maximum absolute atomic E-state index is 13.2. The van der Waals surface area contributed by atoms with Gasteiger partial charge in [-0.1, -0.05) is 12.2 Å². The van der Waals surface area contributed by atoms with Crippen LogP contribution in [0.15, 0.2) is 41.2 Å². The highest BCUT2D eigenvalue weighted by atomic mass is 19.1. The molecule has 0 unspecified atom stereocenters. The van der Waals surface area contributed by atoms with E-state index in [0.29, 0.717) is 22.4 Å². The van der Waals surface area contributed by atoms with Crippen LogP contribution in [0.4, 0.5) is 4.39 Å². The second-order valence-electron chi connectivity index (χ2n) is 4.43. The molecule has 2 aromatic rings. The molecule has 5 heteroatoms. The summed E-state index contributed by atoms with van der Waals surface area (Å²) in [6.07, 6.45) is 2.88. The number of H-pyrrole nitrogens is 1. The fourth-order valence-corrected chi connectivity index (χ4v) is 1.52. The van der Waals surface area contributed by atoms with E-state index in [1.807, 2.05) is 20.8 Å². The van der Waals surface area contributed by atoms with E-state index in [1.165, 1.54) is 6.07 Å². The van der Waals surface area contributed by atoms with Gasteiger partial charge in [-0.15, -0.1) is 0 Å². The first-order chi connectivity index (χ1) is 8.99. The Labute approximate surface area is 110 Å². The molecule has 4 nitrogen and oxygen atoms in total. The van der Waals surface area contributed by atoms with Gasteiger partial charge in [0.15, 0.2) is 5.65 Å². The Morgan fingerprint density at radius 3 is 2.84 bits per heavy atom. The van der Waals surface area contributed by atoms with Gasteiger partial charge in [-0.3, -0.25) is 10.1 Å². The molecule has 0 bridgehead atoms. The number of rotatable bonds is 3. The summed E-state index contributed by atoms with van der Waals surface area (Å²) >= 11 is 0. The Morgan fingerprint density at radius 1 is 1.42 bits per heavy atom. The second-order valence-corrected chi connectivity index (χ2v) is 4.43. The lowest BCUT2D eigenvalue weighted by molar-refractivity contribution is 0.624. The number of halogens is 1. The highest BCUT2D eigenvalue weighted by molar-refractivity contribution is 6.07. The van der Waals surface area contributed by atoms with Crippen molar-refractivity contribution in [3.05, 3.63) is 47.7 Å². The third kappa shape index (κ3) is 2.76. The molecule has 0 atom stereocenters. The van der Waals surface area contributed by atoms with E-state index in [9.17, 15) is 4.39 Å². The van der Waals surface area contributed by atoms with Crippen molar-refractivity contribution in [2.45, 2.75) is 20.8 Å². The van der Waals surface area contributed by atoms with Crippen molar-refractivity contribution in [2.24, 2.45) is 4.99 Å². The van der Waals surface area contributed by atoms with Gasteiger partial charge in [0, 0.05) is 6.20 Å². The van der Waals surface area contributed by atoms with Crippen molar-refractivity contribution in [1.29, 1.82) is 0 Å². The number of nitrogens with one attached hydrogen (secondary N) is 1. The number of pyridine rings is 1. The molecular formula is C14H15FN4. The Bertz CT molecular complexity index is 695. The van der Waals surface area contributed by atoms with Crippen molar-refractivity contribution in [2.75, 3.05) is 0 Å². The summed E-state index contributed by atoms with van der Waals surface area (Å²) in [4.78, 5) is 8.26. The lowest BCUT2D eigenvalue weighted by Gasteiger charge is -1.98. The highest BCUT2D eigenvalue weighted by Crippen LogP contribution is 2.16. The summed E-state index contributed by atoms with van der Waals surface area (Å²) in [5.41, 5.74) is 3.79. The molecule has 19 heavy (non-hydrogen) atoms. The summed E-state index contributed by atoms with van der Waals surface area (Å²) < 4.78 is 13.2. The van der Waals surface area contributed by atoms with E-state index >= 15 is 0 Å². The van der Waals surface area contributed by atoms with Crippen molar-refractivity contribution < 1.29 is 4.39 Å². The Kier molecular flexibility index (Phi) is 3.55. The number of hydrogen-bond acceptors (Lipinski definition) is 3. The molecule has 0 saturated heterocycles. The number of aliphatic imine (C=N–C) groups is 1. The Hall–Kier alpha value is -2.30. The molecular weight excluding hydrogens is 243 g/mol. The van der Waals surface area contributed by atoms with Crippen molar-refractivity contribution in [1.82, 2.24) is 15.2 Å². The van der Waals surface area contributed by atoms with Crippen molar-refractivity contribution >= 4 is 16.7 Å². The minimum atomic E-state index is -0.392. The summed E-state index contributed by atoms with van der Waals surface area (Å²) in [6.45, 7) is 9.51. The number of hydrogen-bond donors (Lipinski definition) is 1. The van der Waals surface area contributed by atoms with Crippen LogP contribution >= 0.6 is 0 Å². The minimum absolute atomic E-state index is 0.392. The van der Waals surface area contributed by atoms with Crippen LogP contribution in [-0.2, 0) is 0 Å². The van der Waals surface area contributed by atoms with Crippen LogP contribution in [0, 0.1) is 5.82 Å². The number of aromatic nitrogens is 3. The molecule has 0 aliphatic heterocycles.